The molecule has 0 aliphatic heterocycles. The third kappa shape index (κ3) is 9.58. The minimum atomic E-state index is -0.183. The Hall–Kier alpha value is -3.59. The number of nitrogens with one attached hydrogen (secondary N) is 2. The molecule has 0 fully saturated rings. The minimum absolute atomic E-state index is 0.181. The summed E-state index contributed by atoms with van der Waals surface area (Å²) in [4.78, 5) is 24.0. The number of rotatable bonds is 14. The summed E-state index contributed by atoms with van der Waals surface area (Å²) in [6, 6.07) is 19.1. The monoisotopic (exact) mass is 506 g/mol. The van der Waals surface area contributed by atoms with Crippen LogP contribution in [0.1, 0.15) is 41.7 Å². The number of azo groups is 1. The largest absolute Gasteiger partial charge is 0.465 e. The molecule has 8 nitrogen and oxygen atoms in total. The lowest BCUT2D eigenvalue weighted by molar-refractivity contribution is -0.143. The van der Waals surface area contributed by atoms with E-state index < -0.39 is 0 Å². The van der Waals surface area contributed by atoms with Crippen LogP contribution in [-0.4, -0.2) is 35.3 Å². The van der Waals surface area contributed by atoms with Gasteiger partial charge in [-0.15, -0.1) is 0 Å². The molecular weight excluding hydrogens is 474 g/mol. The first kappa shape index (κ1) is 27.0. The van der Waals surface area contributed by atoms with Crippen molar-refractivity contribution >= 4 is 40.7 Å². The van der Waals surface area contributed by atoms with Crippen LogP contribution >= 0.6 is 11.8 Å². The van der Waals surface area contributed by atoms with Crippen molar-refractivity contribution < 1.29 is 14.3 Å². The number of carbonyl (C=O) groups is 2. The number of ether oxygens (including phenoxy) is 1. The van der Waals surface area contributed by atoms with E-state index >= 15 is 0 Å². The number of benzene rings is 2. The first-order chi connectivity index (χ1) is 17.5. The Morgan fingerprint density at radius 3 is 2.42 bits per heavy atom. The fraction of sp³-hybridized carbons (Fsp3) is 0.333. The predicted octanol–water partition coefficient (Wildman–Crippen LogP) is 6.12. The Morgan fingerprint density at radius 1 is 1.00 bits per heavy atom. The maximum absolute atomic E-state index is 12.1. The van der Waals surface area contributed by atoms with Crippen molar-refractivity contribution in [2.24, 2.45) is 17.3 Å². The number of unbranched alkanes of at least 4 members (excludes halogenated alkanes) is 2. The lowest BCUT2D eigenvalue weighted by Crippen LogP contribution is -2.26. The fourth-order valence-electron chi connectivity index (χ4n) is 3.40. The molecule has 2 N–H and O–H groups in total. The van der Waals surface area contributed by atoms with E-state index in [0.29, 0.717) is 31.0 Å². The Kier molecular flexibility index (Phi) is 11.0. The van der Waals surface area contributed by atoms with Gasteiger partial charge in [-0.1, -0.05) is 36.8 Å². The standard InChI is InChI=1S/C27H32N5O3S/c1-32-19-22(28)18-25(32)27(34)29-15-7-3-6-10-26(33)35-16-17-36-20-21-11-13-24(14-12-21)31-30-23-8-4-2-5-9-23/h2,4-5,8-9,11-14,18-19,28H,3,6-7,10,15-17,20H2,1H3,(H,29,34). The number of carbonyl (C=O) groups excluding carboxylic acids is 2. The molecule has 189 valence electrons. The molecule has 0 atom stereocenters. The highest BCUT2D eigenvalue weighted by atomic mass is 32.2. The second-order valence-corrected chi connectivity index (χ2v) is 9.37. The molecule has 0 aliphatic rings. The van der Waals surface area contributed by atoms with E-state index in [-0.39, 0.29) is 11.9 Å². The highest BCUT2D eigenvalue weighted by Gasteiger charge is 2.10. The molecule has 1 radical (unpaired) electrons. The van der Waals surface area contributed by atoms with Crippen molar-refractivity contribution in [3.05, 3.63) is 78.1 Å². The van der Waals surface area contributed by atoms with Gasteiger partial charge in [0.2, 0.25) is 0 Å². The van der Waals surface area contributed by atoms with Crippen LogP contribution in [0.5, 0.6) is 0 Å². The first-order valence-corrected chi connectivity index (χ1v) is 13.1. The van der Waals surface area contributed by atoms with E-state index in [1.54, 1.807) is 35.6 Å². The van der Waals surface area contributed by atoms with E-state index in [4.69, 9.17) is 10.5 Å². The smallest absolute Gasteiger partial charge is 0.305 e. The minimum Gasteiger partial charge on any atom is -0.465 e. The number of aryl methyl sites for hydroxylation is 1. The molecule has 0 spiro atoms. The number of thioether (sulfide) groups is 1. The van der Waals surface area contributed by atoms with Crippen LogP contribution in [0, 0.1) is 0 Å². The van der Waals surface area contributed by atoms with E-state index in [9.17, 15) is 9.59 Å². The average molecular weight is 507 g/mol. The summed E-state index contributed by atoms with van der Waals surface area (Å²) < 4.78 is 6.96. The molecule has 3 aromatic rings. The Labute approximate surface area is 216 Å². The van der Waals surface area contributed by atoms with Crippen LogP contribution in [-0.2, 0) is 22.3 Å². The molecule has 1 amide bonds. The molecule has 36 heavy (non-hydrogen) atoms. The van der Waals surface area contributed by atoms with Gasteiger partial charge in [0.1, 0.15) is 12.3 Å². The molecule has 0 saturated carbocycles. The zero-order valence-corrected chi connectivity index (χ0v) is 21.3. The summed E-state index contributed by atoms with van der Waals surface area (Å²) >= 11 is 1.72. The van der Waals surface area contributed by atoms with Crippen LogP contribution in [0.25, 0.3) is 0 Å². The first-order valence-electron chi connectivity index (χ1n) is 12.0. The number of aromatic nitrogens is 1. The molecule has 1 aromatic heterocycles. The van der Waals surface area contributed by atoms with Crippen LogP contribution in [0.15, 0.2) is 77.1 Å². The van der Waals surface area contributed by atoms with E-state index in [0.717, 1.165) is 42.1 Å². The number of amides is 1. The Bertz CT molecular complexity index is 1130. The maximum Gasteiger partial charge on any atom is 0.305 e. The zero-order valence-electron chi connectivity index (χ0n) is 20.5. The molecule has 9 heteroatoms. The third-order valence-corrected chi connectivity index (χ3v) is 6.31. The van der Waals surface area contributed by atoms with Gasteiger partial charge in [-0.3, -0.25) is 15.3 Å². The average Bonchev–Trinajstić information content (AvgIpc) is 3.23. The summed E-state index contributed by atoms with van der Waals surface area (Å²) in [5.74, 6) is 1.22. The predicted molar refractivity (Wildman–Crippen MR) is 143 cm³/mol. The summed E-state index contributed by atoms with van der Waals surface area (Å²) in [5, 5.41) is 11.3. The van der Waals surface area contributed by atoms with Gasteiger partial charge in [0.15, 0.2) is 0 Å². The van der Waals surface area contributed by atoms with Crippen molar-refractivity contribution in [3.63, 3.8) is 0 Å². The van der Waals surface area contributed by atoms with Crippen molar-refractivity contribution in [2.75, 3.05) is 18.9 Å². The fourth-order valence-corrected chi connectivity index (χ4v) is 4.17. The number of esters is 1. The molecule has 0 bridgehead atoms. The van der Waals surface area contributed by atoms with Crippen LogP contribution < -0.4 is 11.1 Å². The number of hydrogen-bond donors (Lipinski definition) is 1. The highest BCUT2D eigenvalue weighted by Crippen LogP contribution is 2.20. The normalized spacial score (nSPS) is 11.0. The van der Waals surface area contributed by atoms with Gasteiger partial charge in [-0.05, 0) is 48.7 Å². The van der Waals surface area contributed by atoms with E-state index in [2.05, 4.69) is 15.5 Å². The van der Waals surface area contributed by atoms with E-state index in [1.165, 1.54) is 5.56 Å². The second kappa shape index (κ2) is 14.7. The van der Waals surface area contributed by atoms with Gasteiger partial charge in [-0.2, -0.15) is 22.0 Å². The highest BCUT2D eigenvalue weighted by molar-refractivity contribution is 7.98. The van der Waals surface area contributed by atoms with Gasteiger partial charge in [0.25, 0.3) is 5.91 Å². The molecule has 0 saturated heterocycles. The Balaban J connectivity index is 1.19. The lowest BCUT2D eigenvalue weighted by atomic mass is 10.2. The summed E-state index contributed by atoms with van der Waals surface area (Å²) in [6.45, 7) is 0.942. The van der Waals surface area contributed by atoms with Crippen molar-refractivity contribution in [1.82, 2.24) is 15.6 Å². The molecular formula is C27H32N5O3S. The molecule has 0 aliphatic carbocycles. The lowest BCUT2D eigenvalue weighted by Gasteiger charge is -2.07. The van der Waals surface area contributed by atoms with Gasteiger partial charge >= 0.3 is 5.97 Å². The van der Waals surface area contributed by atoms with Gasteiger partial charge < -0.3 is 14.6 Å². The molecule has 2 aromatic carbocycles. The van der Waals surface area contributed by atoms with Crippen LogP contribution in [0.3, 0.4) is 0 Å². The summed E-state index contributed by atoms with van der Waals surface area (Å²) in [7, 11) is 1.75. The maximum atomic E-state index is 12.1. The van der Waals surface area contributed by atoms with Gasteiger partial charge in [-0.25, -0.2) is 0 Å². The number of hydrogen-bond acceptors (Lipinski definition) is 6. The van der Waals surface area contributed by atoms with Crippen LogP contribution in [0.2, 0.25) is 0 Å². The molecule has 1 heterocycles. The van der Waals surface area contributed by atoms with Gasteiger partial charge in [0.05, 0.1) is 17.1 Å². The summed E-state index contributed by atoms with van der Waals surface area (Å²) in [5.41, 5.74) is 11.2. The number of nitrogens with zero attached hydrogens (tertiary/aromatic N) is 3. The third-order valence-electron chi connectivity index (χ3n) is 5.31. The van der Waals surface area contributed by atoms with E-state index in [1.807, 2.05) is 54.6 Å². The molecule has 3 rings (SSSR count). The second-order valence-electron chi connectivity index (χ2n) is 8.27. The van der Waals surface area contributed by atoms with Gasteiger partial charge in [0, 0.05) is 37.7 Å². The van der Waals surface area contributed by atoms with Crippen molar-refractivity contribution in [3.8, 4) is 0 Å². The molecule has 0 unspecified atom stereocenters. The summed E-state index contributed by atoms with van der Waals surface area (Å²) in [6.07, 6.45) is 4.34. The topological polar surface area (TPSA) is 109 Å². The Morgan fingerprint density at radius 2 is 1.72 bits per heavy atom. The van der Waals surface area contributed by atoms with Crippen molar-refractivity contribution in [1.29, 1.82) is 0 Å². The SMILES string of the molecule is Cn1cc([NH])cc1C(=O)NCCCCCC(=O)OCCSCc1ccc(N=Nc2ccccc2)cc1. The quantitative estimate of drug-likeness (QED) is 0.161. The van der Waals surface area contributed by atoms with Crippen molar-refractivity contribution in [2.45, 2.75) is 31.4 Å². The zero-order chi connectivity index (χ0) is 25.6. The van der Waals surface area contributed by atoms with Crippen LogP contribution in [0.4, 0.5) is 17.1 Å².